The Morgan fingerprint density at radius 1 is 1.50 bits per heavy atom. The van der Waals surface area contributed by atoms with Gasteiger partial charge in [0.25, 0.3) is 10.2 Å². The number of halogens is 3. The van der Waals surface area contributed by atoms with Crippen LogP contribution in [0.2, 0.25) is 0 Å². The molecule has 0 aromatic heterocycles. The van der Waals surface area contributed by atoms with Crippen LogP contribution in [0.4, 0.5) is 13.2 Å². The number of rotatable bonds is 4. The first kappa shape index (κ1) is 15.1. The molecule has 0 spiro atoms. The van der Waals surface area contributed by atoms with Crippen molar-refractivity contribution in [1.82, 2.24) is 9.03 Å². The van der Waals surface area contributed by atoms with Crippen molar-refractivity contribution in [3.8, 4) is 0 Å². The van der Waals surface area contributed by atoms with Gasteiger partial charge in [-0.1, -0.05) is 0 Å². The molecule has 1 aliphatic rings. The van der Waals surface area contributed by atoms with Crippen LogP contribution in [-0.2, 0) is 15.0 Å². The highest BCUT2D eigenvalue weighted by atomic mass is 32.2. The van der Waals surface area contributed by atoms with Gasteiger partial charge in [-0.25, -0.2) is 0 Å². The van der Waals surface area contributed by atoms with Gasteiger partial charge in [-0.15, -0.1) is 0 Å². The normalized spacial score (nSPS) is 26.4. The number of aliphatic carboxylic acids is 1. The Morgan fingerprint density at radius 2 is 2.06 bits per heavy atom. The smallest absolute Gasteiger partial charge is 0.402 e. The summed E-state index contributed by atoms with van der Waals surface area (Å²) in [5.41, 5.74) is 3.66. The maximum Gasteiger partial charge on any atom is 0.402 e. The second-order valence-electron chi connectivity index (χ2n) is 3.99. The van der Waals surface area contributed by atoms with Gasteiger partial charge in [0, 0.05) is 13.1 Å². The SMILES string of the molecule is NC1(C(=O)O)CCN(S(=O)(=O)NCC(F)(F)F)C1. The van der Waals surface area contributed by atoms with Crippen LogP contribution < -0.4 is 10.5 Å². The van der Waals surface area contributed by atoms with Crippen LogP contribution >= 0.6 is 0 Å². The number of nitrogens with zero attached hydrogens (tertiary/aromatic N) is 1. The average Bonchev–Trinajstić information content (AvgIpc) is 2.59. The van der Waals surface area contributed by atoms with Gasteiger partial charge < -0.3 is 10.8 Å². The molecule has 0 aliphatic carbocycles. The van der Waals surface area contributed by atoms with Crippen molar-refractivity contribution in [3.05, 3.63) is 0 Å². The van der Waals surface area contributed by atoms with E-state index in [-0.39, 0.29) is 13.0 Å². The molecule has 1 fully saturated rings. The van der Waals surface area contributed by atoms with Crippen LogP contribution in [0.1, 0.15) is 6.42 Å². The topological polar surface area (TPSA) is 113 Å². The number of carbonyl (C=O) groups is 1. The van der Waals surface area contributed by atoms with Crippen molar-refractivity contribution in [1.29, 1.82) is 0 Å². The summed E-state index contributed by atoms with van der Waals surface area (Å²) < 4.78 is 60.5. The van der Waals surface area contributed by atoms with Gasteiger partial charge in [0.1, 0.15) is 12.1 Å². The molecule has 0 amide bonds. The van der Waals surface area contributed by atoms with E-state index in [1.54, 1.807) is 0 Å². The maximum atomic E-state index is 11.9. The Labute approximate surface area is 101 Å². The molecule has 18 heavy (non-hydrogen) atoms. The Kier molecular flexibility index (Phi) is 3.91. The van der Waals surface area contributed by atoms with Gasteiger partial charge in [-0.05, 0) is 6.42 Å². The molecule has 1 aliphatic heterocycles. The summed E-state index contributed by atoms with van der Waals surface area (Å²) in [6.07, 6.45) is -4.84. The van der Waals surface area contributed by atoms with Crippen molar-refractivity contribution in [2.75, 3.05) is 19.6 Å². The monoisotopic (exact) mass is 291 g/mol. The molecule has 0 aromatic carbocycles. The first-order valence-electron chi connectivity index (χ1n) is 4.80. The van der Waals surface area contributed by atoms with Crippen LogP contribution in [0.3, 0.4) is 0 Å². The molecule has 0 bridgehead atoms. The van der Waals surface area contributed by atoms with Gasteiger partial charge in [-0.3, -0.25) is 4.79 Å². The molecule has 1 saturated heterocycles. The highest BCUT2D eigenvalue weighted by molar-refractivity contribution is 7.87. The molecular formula is C7H12F3N3O4S. The number of carboxylic acids is 1. The van der Waals surface area contributed by atoms with Gasteiger partial charge in [-0.2, -0.15) is 30.6 Å². The predicted octanol–water partition coefficient (Wildman–Crippen LogP) is -1.13. The fourth-order valence-electron chi connectivity index (χ4n) is 1.44. The molecule has 1 rings (SSSR count). The number of nitrogens with one attached hydrogen (secondary N) is 1. The summed E-state index contributed by atoms with van der Waals surface area (Å²) in [4.78, 5) is 10.8. The molecule has 11 heteroatoms. The lowest BCUT2D eigenvalue weighted by Gasteiger charge is -2.20. The predicted molar refractivity (Wildman–Crippen MR) is 53.7 cm³/mol. The van der Waals surface area contributed by atoms with E-state index in [2.05, 4.69) is 0 Å². The molecule has 1 unspecified atom stereocenters. The molecule has 1 heterocycles. The van der Waals surface area contributed by atoms with Crippen molar-refractivity contribution >= 4 is 16.2 Å². The summed E-state index contributed by atoms with van der Waals surface area (Å²) in [7, 11) is -4.38. The van der Waals surface area contributed by atoms with E-state index in [1.165, 1.54) is 4.72 Å². The second kappa shape index (κ2) is 4.64. The number of alkyl halides is 3. The average molecular weight is 291 g/mol. The van der Waals surface area contributed by atoms with E-state index < -0.39 is 41.0 Å². The van der Waals surface area contributed by atoms with Gasteiger partial charge >= 0.3 is 12.1 Å². The minimum absolute atomic E-state index is 0.157. The summed E-state index contributed by atoms with van der Waals surface area (Å²) in [5.74, 6) is -1.39. The summed E-state index contributed by atoms with van der Waals surface area (Å²) in [6.45, 7) is -2.51. The van der Waals surface area contributed by atoms with E-state index in [0.29, 0.717) is 4.31 Å². The maximum absolute atomic E-state index is 11.9. The second-order valence-corrected chi connectivity index (χ2v) is 5.74. The molecule has 1 atom stereocenters. The third kappa shape index (κ3) is 3.54. The molecule has 0 radical (unpaired) electrons. The lowest BCUT2D eigenvalue weighted by atomic mass is 10.0. The Balaban J connectivity index is 2.69. The Bertz CT molecular complexity index is 438. The lowest BCUT2D eigenvalue weighted by molar-refractivity contribution is -0.142. The molecular weight excluding hydrogens is 279 g/mol. The number of carboxylic acid groups (broad SMARTS) is 1. The third-order valence-electron chi connectivity index (χ3n) is 2.49. The standard InChI is InChI=1S/C7H12F3N3O4S/c8-7(9,10)3-12-18(16,17)13-2-1-6(11,4-13)5(14)15/h12H,1-4,11H2,(H,14,15). The molecule has 0 aromatic rings. The quantitative estimate of drug-likeness (QED) is 0.606. The first-order chi connectivity index (χ1) is 7.96. The van der Waals surface area contributed by atoms with Crippen LogP contribution in [-0.4, -0.2) is 55.1 Å². The minimum Gasteiger partial charge on any atom is -0.480 e. The van der Waals surface area contributed by atoms with Crippen LogP contribution in [0.25, 0.3) is 0 Å². The molecule has 106 valence electrons. The Hall–Kier alpha value is -0.910. The van der Waals surface area contributed by atoms with Gasteiger partial charge in [0.15, 0.2) is 0 Å². The van der Waals surface area contributed by atoms with E-state index in [4.69, 9.17) is 10.8 Å². The van der Waals surface area contributed by atoms with Crippen LogP contribution in [0, 0.1) is 0 Å². The molecule has 7 nitrogen and oxygen atoms in total. The van der Waals surface area contributed by atoms with Gasteiger partial charge in [0.05, 0.1) is 0 Å². The number of hydrogen-bond donors (Lipinski definition) is 3. The van der Waals surface area contributed by atoms with E-state index >= 15 is 0 Å². The zero-order valence-electron chi connectivity index (χ0n) is 9.07. The fraction of sp³-hybridized carbons (Fsp3) is 0.857. The summed E-state index contributed by atoms with van der Waals surface area (Å²) in [5, 5.41) is 8.77. The first-order valence-corrected chi connectivity index (χ1v) is 6.24. The number of hydrogen-bond acceptors (Lipinski definition) is 4. The van der Waals surface area contributed by atoms with E-state index in [0.717, 1.165) is 0 Å². The van der Waals surface area contributed by atoms with Crippen LogP contribution in [0.5, 0.6) is 0 Å². The zero-order valence-corrected chi connectivity index (χ0v) is 9.88. The largest absolute Gasteiger partial charge is 0.480 e. The van der Waals surface area contributed by atoms with Crippen LogP contribution in [0.15, 0.2) is 0 Å². The lowest BCUT2D eigenvalue weighted by Crippen LogP contribution is -2.52. The highest BCUT2D eigenvalue weighted by Gasteiger charge is 2.45. The zero-order chi connectivity index (χ0) is 14.2. The van der Waals surface area contributed by atoms with E-state index in [1.807, 2.05) is 0 Å². The van der Waals surface area contributed by atoms with Crippen molar-refractivity contribution < 1.29 is 31.5 Å². The third-order valence-corrected chi connectivity index (χ3v) is 3.99. The number of nitrogens with two attached hydrogens (primary N) is 1. The van der Waals surface area contributed by atoms with Crippen molar-refractivity contribution in [3.63, 3.8) is 0 Å². The fourth-order valence-corrected chi connectivity index (χ4v) is 2.70. The summed E-state index contributed by atoms with van der Waals surface area (Å²) in [6, 6.07) is 0. The van der Waals surface area contributed by atoms with E-state index in [9.17, 15) is 26.4 Å². The molecule has 0 saturated carbocycles. The van der Waals surface area contributed by atoms with Crippen molar-refractivity contribution in [2.24, 2.45) is 5.73 Å². The molecule has 4 N–H and O–H groups in total. The van der Waals surface area contributed by atoms with Gasteiger partial charge in [0.2, 0.25) is 0 Å². The highest BCUT2D eigenvalue weighted by Crippen LogP contribution is 2.22. The summed E-state index contributed by atoms with van der Waals surface area (Å²) >= 11 is 0. The minimum atomic E-state index is -4.68. The Morgan fingerprint density at radius 3 is 2.44 bits per heavy atom. The van der Waals surface area contributed by atoms with Crippen molar-refractivity contribution in [2.45, 2.75) is 18.1 Å².